The second-order valence-electron chi connectivity index (χ2n) is 12.7. The van der Waals surface area contributed by atoms with Gasteiger partial charge in [0.2, 0.25) is 23.6 Å². The molecule has 0 fully saturated rings. The monoisotopic (exact) mass is 741 g/mol. The predicted molar refractivity (Wildman–Crippen MR) is 200 cm³/mol. The van der Waals surface area contributed by atoms with E-state index < -0.39 is 6.09 Å². The molecule has 292 valence electrons. The van der Waals surface area contributed by atoms with E-state index in [1.807, 2.05) is 31.2 Å². The van der Waals surface area contributed by atoms with E-state index >= 15 is 0 Å². The quantitative estimate of drug-likeness (QED) is 0.0819. The fraction of sp³-hybridized carbons (Fsp3) is 0.553. The number of alkyl carbamates (subject to hydrolysis) is 1. The van der Waals surface area contributed by atoms with Crippen LogP contribution in [0.1, 0.15) is 75.3 Å². The van der Waals surface area contributed by atoms with Crippen molar-refractivity contribution in [3.8, 4) is 11.1 Å². The SMILES string of the molecule is CNC(=O)OCC1c2cc(NC(=O)CCCC(=O)NCCOCCCOC)ccc2-c2ccc(NC(=O)CCCC(=O)NCCOC(C)CCO)cc21. The third-order valence-electron chi connectivity index (χ3n) is 8.48. The number of carbonyl (C=O) groups excluding carboxylic acids is 5. The number of methoxy groups -OCH3 is 1. The summed E-state index contributed by atoms with van der Waals surface area (Å²) in [4.78, 5) is 61.9. The van der Waals surface area contributed by atoms with Crippen LogP contribution in [0.3, 0.4) is 0 Å². The molecular weight excluding hydrogens is 686 g/mol. The molecule has 0 heterocycles. The van der Waals surface area contributed by atoms with Gasteiger partial charge in [-0.15, -0.1) is 0 Å². The van der Waals surface area contributed by atoms with E-state index in [0.717, 1.165) is 28.7 Å². The zero-order valence-electron chi connectivity index (χ0n) is 31.1. The number of benzene rings is 2. The number of hydrogen-bond donors (Lipinski definition) is 6. The van der Waals surface area contributed by atoms with E-state index in [-0.39, 0.29) is 74.5 Å². The van der Waals surface area contributed by atoms with E-state index in [1.54, 1.807) is 19.2 Å². The third-order valence-corrected chi connectivity index (χ3v) is 8.48. The maximum absolute atomic E-state index is 12.8. The number of anilines is 2. The lowest BCUT2D eigenvalue weighted by molar-refractivity contribution is -0.123. The molecule has 0 saturated carbocycles. The lowest BCUT2D eigenvalue weighted by Gasteiger charge is -2.16. The minimum atomic E-state index is -0.583. The summed E-state index contributed by atoms with van der Waals surface area (Å²) in [6.45, 7) is 4.63. The molecule has 53 heavy (non-hydrogen) atoms. The molecule has 2 aromatic rings. The molecule has 2 atom stereocenters. The van der Waals surface area contributed by atoms with Crippen molar-refractivity contribution >= 4 is 41.1 Å². The maximum Gasteiger partial charge on any atom is 0.406 e. The first kappa shape index (κ1) is 42.8. The number of ether oxygens (including phenoxy) is 4. The van der Waals surface area contributed by atoms with Crippen LogP contribution in [-0.4, -0.2) is 108 Å². The Kier molecular flexibility index (Phi) is 19.3. The van der Waals surface area contributed by atoms with Crippen molar-refractivity contribution in [1.29, 1.82) is 0 Å². The highest BCUT2D eigenvalue weighted by atomic mass is 16.5. The van der Waals surface area contributed by atoms with Crippen LogP contribution < -0.4 is 26.6 Å². The Balaban J connectivity index is 1.51. The Bertz CT molecular complexity index is 1500. The zero-order chi connectivity index (χ0) is 38.4. The van der Waals surface area contributed by atoms with Gasteiger partial charge in [-0.2, -0.15) is 0 Å². The van der Waals surface area contributed by atoms with Gasteiger partial charge >= 0.3 is 6.09 Å². The average molecular weight is 742 g/mol. The van der Waals surface area contributed by atoms with Gasteiger partial charge in [0.25, 0.3) is 0 Å². The van der Waals surface area contributed by atoms with Gasteiger partial charge < -0.3 is 50.6 Å². The van der Waals surface area contributed by atoms with Gasteiger partial charge in [0.05, 0.1) is 19.3 Å². The van der Waals surface area contributed by atoms with Gasteiger partial charge in [-0.3, -0.25) is 19.2 Å². The van der Waals surface area contributed by atoms with Crippen molar-refractivity contribution in [3.05, 3.63) is 47.5 Å². The molecule has 15 nitrogen and oxygen atoms in total. The lowest BCUT2D eigenvalue weighted by atomic mass is 9.97. The molecule has 0 spiro atoms. The molecule has 1 aliphatic carbocycles. The van der Waals surface area contributed by atoms with Crippen molar-refractivity contribution in [3.63, 3.8) is 0 Å². The first-order valence-electron chi connectivity index (χ1n) is 18.2. The van der Waals surface area contributed by atoms with Gasteiger partial charge in [-0.25, -0.2) is 4.79 Å². The molecule has 0 bridgehead atoms. The molecule has 0 aromatic heterocycles. The molecule has 2 unspecified atom stereocenters. The largest absolute Gasteiger partial charge is 0.449 e. The number of aliphatic hydroxyl groups is 1. The average Bonchev–Trinajstić information content (AvgIpc) is 3.43. The smallest absolute Gasteiger partial charge is 0.406 e. The molecule has 2 aromatic carbocycles. The lowest BCUT2D eigenvalue weighted by Crippen LogP contribution is -2.28. The Morgan fingerprint density at radius 1 is 0.736 bits per heavy atom. The highest BCUT2D eigenvalue weighted by Crippen LogP contribution is 2.47. The number of rotatable bonds is 25. The molecule has 0 saturated heterocycles. The number of aliphatic hydroxyl groups excluding tert-OH is 1. The summed E-state index contributed by atoms with van der Waals surface area (Å²) in [5, 5.41) is 22.8. The predicted octanol–water partition coefficient (Wildman–Crippen LogP) is 3.45. The van der Waals surface area contributed by atoms with Crippen LogP contribution in [0, 0.1) is 0 Å². The van der Waals surface area contributed by atoms with Gasteiger partial charge in [0, 0.05) is 90.0 Å². The summed E-state index contributed by atoms with van der Waals surface area (Å²) in [6.07, 6.45) is 2.12. The summed E-state index contributed by atoms with van der Waals surface area (Å²) >= 11 is 0. The van der Waals surface area contributed by atoms with E-state index in [0.29, 0.717) is 70.2 Å². The molecule has 3 rings (SSSR count). The molecule has 0 radical (unpaired) electrons. The second-order valence-corrected chi connectivity index (χ2v) is 12.7. The van der Waals surface area contributed by atoms with E-state index in [4.69, 9.17) is 24.1 Å². The summed E-state index contributed by atoms with van der Waals surface area (Å²) in [7, 11) is 3.11. The van der Waals surface area contributed by atoms with Gasteiger partial charge in [-0.05, 0) is 79.1 Å². The van der Waals surface area contributed by atoms with Crippen LogP contribution >= 0.6 is 0 Å². The fourth-order valence-electron chi connectivity index (χ4n) is 5.75. The number of hydrogen-bond acceptors (Lipinski definition) is 10. The fourth-order valence-corrected chi connectivity index (χ4v) is 5.75. The Labute approximate surface area is 311 Å². The van der Waals surface area contributed by atoms with Crippen molar-refractivity contribution in [2.24, 2.45) is 0 Å². The summed E-state index contributed by atoms with van der Waals surface area (Å²) in [6, 6.07) is 11.1. The second kappa shape index (κ2) is 23.9. The molecule has 6 N–H and O–H groups in total. The van der Waals surface area contributed by atoms with Crippen LogP contribution in [-0.2, 0) is 38.1 Å². The normalized spacial score (nSPS) is 13.3. The first-order chi connectivity index (χ1) is 25.6. The highest BCUT2D eigenvalue weighted by molar-refractivity contribution is 5.94. The molecule has 5 amide bonds. The number of nitrogens with one attached hydrogen (secondary N) is 5. The summed E-state index contributed by atoms with van der Waals surface area (Å²) in [5.41, 5.74) is 4.68. The first-order valence-corrected chi connectivity index (χ1v) is 18.2. The molecular formula is C38H55N5O10. The van der Waals surface area contributed by atoms with Crippen LogP contribution in [0.15, 0.2) is 36.4 Å². The Hall–Kier alpha value is -4.57. The van der Waals surface area contributed by atoms with E-state index in [1.165, 1.54) is 7.05 Å². The number of carbonyl (C=O) groups is 5. The summed E-state index contributed by atoms with van der Waals surface area (Å²) < 4.78 is 21.4. The van der Waals surface area contributed by atoms with Gasteiger partial charge in [0.15, 0.2) is 0 Å². The van der Waals surface area contributed by atoms with Gasteiger partial charge in [-0.1, -0.05) is 12.1 Å². The molecule has 15 heteroatoms. The number of fused-ring (bicyclic) bond motifs is 3. The van der Waals surface area contributed by atoms with Gasteiger partial charge in [0.1, 0.15) is 6.61 Å². The van der Waals surface area contributed by atoms with Crippen LogP contribution in [0.4, 0.5) is 16.2 Å². The minimum Gasteiger partial charge on any atom is -0.449 e. The summed E-state index contributed by atoms with van der Waals surface area (Å²) in [5.74, 6) is -1.14. The van der Waals surface area contributed by atoms with Crippen LogP contribution in [0.25, 0.3) is 11.1 Å². The molecule has 0 aliphatic heterocycles. The topological polar surface area (TPSA) is 203 Å². The van der Waals surface area contributed by atoms with Crippen molar-refractivity contribution in [2.45, 2.75) is 70.3 Å². The standard InChI is InChI=1S/C38H55N5O10/c1-26(15-18-44)52-22-17-41-35(46)8-5-10-37(48)43-28-12-14-30-29-13-11-27(23-31(29)33(32(30)24-28)25-53-38(49)39-2)42-36(47)9-4-7-34(45)40-16-21-51-20-6-19-50-3/h11-14,23-24,26,33,44H,4-10,15-22,25H2,1-3H3,(H,39,49)(H,40,45)(H,41,46)(H,42,47)(H,43,48). The Morgan fingerprint density at radius 3 is 1.81 bits per heavy atom. The van der Waals surface area contributed by atoms with Crippen LogP contribution in [0.2, 0.25) is 0 Å². The van der Waals surface area contributed by atoms with E-state index in [9.17, 15) is 24.0 Å². The van der Waals surface area contributed by atoms with Crippen molar-refractivity contribution in [2.75, 3.05) is 77.5 Å². The maximum atomic E-state index is 12.8. The van der Waals surface area contributed by atoms with Crippen molar-refractivity contribution in [1.82, 2.24) is 16.0 Å². The van der Waals surface area contributed by atoms with Crippen LogP contribution in [0.5, 0.6) is 0 Å². The van der Waals surface area contributed by atoms with Crippen molar-refractivity contribution < 1.29 is 48.0 Å². The Morgan fingerprint density at radius 2 is 1.28 bits per heavy atom. The zero-order valence-corrected chi connectivity index (χ0v) is 31.1. The number of amides is 5. The highest BCUT2D eigenvalue weighted by Gasteiger charge is 2.31. The van der Waals surface area contributed by atoms with E-state index in [2.05, 4.69) is 26.6 Å². The minimum absolute atomic E-state index is 0.0300. The molecule has 1 aliphatic rings. The third kappa shape index (κ3) is 15.5.